The predicted molar refractivity (Wildman–Crippen MR) is 75.6 cm³/mol. The van der Waals surface area contributed by atoms with Crippen molar-refractivity contribution < 1.29 is 9.18 Å². The number of nitrogens with zero attached hydrogens (tertiary/aromatic N) is 2. The van der Waals surface area contributed by atoms with E-state index in [4.69, 9.17) is 5.73 Å². The highest BCUT2D eigenvalue weighted by atomic mass is 19.1. The van der Waals surface area contributed by atoms with Gasteiger partial charge in [-0.3, -0.25) is 9.78 Å². The number of rotatable bonds is 3. The third-order valence-electron chi connectivity index (χ3n) is 2.91. The van der Waals surface area contributed by atoms with Gasteiger partial charge in [-0.25, -0.2) is 4.39 Å². The summed E-state index contributed by atoms with van der Waals surface area (Å²) in [6, 6.07) is 9.54. The smallest absolute Gasteiger partial charge is 0.256 e. The quantitative estimate of drug-likeness (QED) is 0.873. The molecule has 0 aliphatic heterocycles. The first-order valence-electron chi connectivity index (χ1n) is 6.20. The summed E-state index contributed by atoms with van der Waals surface area (Å²) in [7, 11) is 1.61. The number of nitrogens with two attached hydrogens (primary N) is 1. The number of aryl methyl sites for hydroxylation is 1. The second-order valence-corrected chi connectivity index (χ2v) is 4.67. The summed E-state index contributed by atoms with van der Waals surface area (Å²) in [5.74, 6) is -0.994. The van der Waals surface area contributed by atoms with Crippen molar-refractivity contribution in [2.45, 2.75) is 13.5 Å². The Morgan fingerprint density at radius 1 is 1.35 bits per heavy atom. The second-order valence-electron chi connectivity index (χ2n) is 4.67. The molecule has 20 heavy (non-hydrogen) atoms. The van der Waals surface area contributed by atoms with Crippen molar-refractivity contribution in [2.75, 3.05) is 12.8 Å². The number of amides is 1. The van der Waals surface area contributed by atoms with E-state index in [0.29, 0.717) is 12.2 Å². The molecule has 1 heterocycles. The van der Waals surface area contributed by atoms with Crippen LogP contribution in [0.5, 0.6) is 0 Å². The third-order valence-corrected chi connectivity index (χ3v) is 2.91. The van der Waals surface area contributed by atoms with Gasteiger partial charge in [0.25, 0.3) is 5.91 Å². The number of halogens is 1. The van der Waals surface area contributed by atoms with E-state index in [1.54, 1.807) is 7.05 Å². The van der Waals surface area contributed by atoms with Crippen LogP contribution in [0.3, 0.4) is 0 Å². The summed E-state index contributed by atoms with van der Waals surface area (Å²) < 4.78 is 13.7. The summed E-state index contributed by atoms with van der Waals surface area (Å²) in [5, 5.41) is 0. The van der Waals surface area contributed by atoms with E-state index in [0.717, 1.165) is 11.4 Å². The van der Waals surface area contributed by atoms with Crippen LogP contribution in [0.1, 0.15) is 21.7 Å². The number of pyridine rings is 1. The van der Waals surface area contributed by atoms with Crippen molar-refractivity contribution >= 4 is 11.6 Å². The summed E-state index contributed by atoms with van der Waals surface area (Å²) in [6.45, 7) is 2.19. The minimum absolute atomic E-state index is 0.0276. The lowest BCUT2D eigenvalue weighted by Crippen LogP contribution is -2.27. The Kier molecular flexibility index (Phi) is 3.98. The molecule has 0 atom stereocenters. The van der Waals surface area contributed by atoms with Crippen LogP contribution in [0.2, 0.25) is 0 Å². The molecule has 1 aromatic heterocycles. The molecule has 104 valence electrons. The second kappa shape index (κ2) is 5.69. The molecule has 4 nitrogen and oxygen atoms in total. The highest BCUT2D eigenvalue weighted by Crippen LogP contribution is 2.15. The normalized spacial score (nSPS) is 10.3. The van der Waals surface area contributed by atoms with Gasteiger partial charge in [-0.2, -0.15) is 0 Å². The molecule has 1 amide bonds. The van der Waals surface area contributed by atoms with Crippen molar-refractivity contribution in [2.24, 2.45) is 0 Å². The lowest BCUT2D eigenvalue weighted by Gasteiger charge is -2.17. The van der Waals surface area contributed by atoms with Gasteiger partial charge >= 0.3 is 0 Å². The van der Waals surface area contributed by atoms with Gasteiger partial charge in [0, 0.05) is 18.4 Å². The molecular formula is C15H16FN3O. The van der Waals surface area contributed by atoms with E-state index in [-0.39, 0.29) is 5.56 Å². The molecule has 0 radical (unpaired) electrons. The molecule has 0 aliphatic rings. The van der Waals surface area contributed by atoms with Crippen molar-refractivity contribution in [1.29, 1.82) is 0 Å². The van der Waals surface area contributed by atoms with Crippen LogP contribution in [0.15, 0.2) is 36.4 Å². The van der Waals surface area contributed by atoms with Gasteiger partial charge in [0.2, 0.25) is 0 Å². The van der Waals surface area contributed by atoms with Gasteiger partial charge in [-0.1, -0.05) is 6.07 Å². The fraction of sp³-hybridized carbons (Fsp3) is 0.200. The van der Waals surface area contributed by atoms with E-state index < -0.39 is 11.7 Å². The lowest BCUT2D eigenvalue weighted by molar-refractivity contribution is 0.0778. The van der Waals surface area contributed by atoms with Gasteiger partial charge in [-0.15, -0.1) is 0 Å². The van der Waals surface area contributed by atoms with E-state index in [1.165, 1.54) is 23.1 Å². The monoisotopic (exact) mass is 273 g/mol. The van der Waals surface area contributed by atoms with E-state index >= 15 is 0 Å². The van der Waals surface area contributed by atoms with Crippen LogP contribution < -0.4 is 5.73 Å². The Bertz CT molecular complexity index is 643. The summed E-state index contributed by atoms with van der Waals surface area (Å²) in [5.41, 5.74) is 7.55. The first-order valence-corrected chi connectivity index (χ1v) is 6.20. The van der Waals surface area contributed by atoms with Crippen molar-refractivity contribution in [1.82, 2.24) is 9.88 Å². The van der Waals surface area contributed by atoms with E-state index in [1.807, 2.05) is 25.1 Å². The Hall–Kier alpha value is -2.43. The van der Waals surface area contributed by atoms with Crippen LogP contribution >= 0.6 is 0 Å². The SMILES string of the molecule is Cc1cccc(CN(C)C(=O)c2cc(N)ccc2F)n1. The van der Waals surface area contributed by atoms with Crippen molar-refractivity contribution in [3.63, 3.8) is 0 Å². The van der Waals surface area contributed by atoms with Gasteiger partial charge in [0.15, 0.2) is 0 Å². The highest BCUT2D eigenvalue weighted by Gasteiger charge is 2.17. The average Bonchev–Trinajstić information content (AvgIpc) is 2.40. The molecule has 0 bridgehead atoms. The maximum atomic E-state index is 13.7. The van der Waals surface area contributed by atoms with Gasteiger partial charge in [-0.05, 0) is 37.3 Å². The molecule has 0 saturated heterocycles. The fourth-order valence-corrected chi connectivity index (χ4v) is 1.91. The number of nitrogen functional groups attached to an aromatic ring is 1. The van der Waals surface area contributed by atoms with E-state index in [9.17, 15) is 9.18 Å². The standard InChI is InChI=1S/C15H16FN3O/c1-10-4-3-5-12(18-10)9-19(2)15(20)13-8-11(17)6-7-14(13)16/h3-8H,9,17H2,1-2H3. The molecular weight excluding hydrogens is 257 g/mol. The zero-order valence-corrected chi connectivity index (χ0v) is 11.4. The van der Waals surface area contributed by atoms with Gasteiger partial charge in [0.1, 0.15) is 5.82 Å². The minimum Gasteiger partial charge on any atom is -0.399 e. The zero-order chi connectivity index (χ0) is 14.7. The topological polar surface area (TPSA) is 59.2 Å². The molecule has 2 N–H and O–H groups in total. The highest BCUT2D eigenvalue weighted by molar-refractivity contribution is 5.95. The summed E-state index contributed by atoms with van der Waals surface area (Å²) in [6.07, 6.45) is 0. The molecule has 0 unspecified atom stereocenters. The molecule has 2 rings (SSSR count). The summed E-state index contributed by atoms with van der Waals surface area (Å²) in [4.78, 5) is 17.9. The Morgan fingerprint density at radius 2 is 2.10 bits per heavy atom. The number of hydrogen-bond donors (Lipinski definition) is 1. The Morgan fingerprint density at radius 3 is 2.80 bits per heavy atom. The molecule has 0 saturated carbocycles. The van der Waals surface area contributed by atoms with Gasteiger partial charge in [0.05, 0.1) is 17.8 Å². The maximum absolute atomic E-state index is 13.7. The van der Waals surface area contributed by atoms with Crippen LogP contribution in [0.25, 0.3) is 0 Å². The predicted octanol–water partition coefficient (Wildman–Crippen LogP) is 2.38. The molecule has 2 aromatic rings. The minimum atomic E-state index is -0.576. The number of carbonyl (C=O) groups is 1. The van der Waals surface area contributed by atoms with E-state index in [2.05, 4.69) is 4.98 Å². The largest absolute Gasteiger partial charge is 0.399 e. The molecule has 0 fully saturated rings. The third kappa shape index (κ3) is 3.12. The molecule has 1 aromatic carbocycles. The maximum Gasteiger partial charge on any atom is 0.256 e. The van der Waals surface area contributed by atoms with Crippen LogP contribution in [0.4, 0.5) is 10.1 Å². The number of aromatic nitrogens is 1. The lowest BCUT2D eigenvalue weighted by atomic mass is 10.1. The Labute approximate surface area is 117 Å². The van der Waals surface area contributed by atoms with Crippen molar-refractivity contribution in [3.05, 3.63) is 59.2 Å². The fourth-order valence-electron chi connectivity index (χ4n) is 1.91. The van der Waals surface area contributed by atoms with Crippen molar-refractivity contribution in [3.8, 4) is 0 Å². The zero-order valence-electron chi connectivity index (χ0n) is 11.4. The number of anilines is 1. The summed E-state index contributed by atoms with van der Waals surface area (Å²) >= 11 is 0. The van der Waals surface area contributed by atoms with Crippen LogP contribution in [0, 0.1) is 12.7 Å². The first-order chi connectivity index (χ1) is 9.47. The van der Waals surface area contributed by atoms with Crippen LogP contribution in [-0.4, -0.2) is 22.8 Å². The molecule has 0 spiro atoms. The van der Waals surface area contributed by atoms with Crippen LogP contribution in [-0.2, 0) is 6.54 Å². The average molecular weight is 273 g/mol. The number of carbonyl (C=O) groups excluding carboxylic acids is 1. The number of benzene rings is 1. The first kappa shape index (κ1) is 14.0. The number of hydrogen-bond acceptors (Lipinski definition) is 3. The Balaban J connectivity index is 2.18. The molecule has 0 aliphatic carbocycles. The molecule has 5 heteroatoms. The van der Waals surface area contributed by atoms with Gasteiger partial charge < -0.3 is 10.6 Å².